The first kappa shape index (κ1) is 12.7. The van der Waals surface area contributed by atoms with Crippen LogP contribution in [0.1, 0.15) is 51.4 Å². The summed E-state index contributed by atoms with van der Waals surface area (Å²) in [5.41, 5.74) is 5.84. The van der Waals surface area contributed by atoms with Crippen molar-refractivity contribution < 1.29 is 4.79 Å². The van der Waals surface area contributed by atoms with E-state index in [0.29, 0.717) is 12.6 Å². The predicted molar refractivity (Wildman–Crippen MR) is 68.8 cm³/mol. The van der Waals surface area contributed by atoms with Crippen LogP contribution in [-0.4, -0.2) is 36.1 Å². The van der Waals surface area contributed by atoms with Crippen molar-refractivity contribution in [3.8, 4) is 0 Å². The number of likely N-dealkylation sites (N-methyl/N-ethyl adjacent to an activating group) is 1. The van der Waals surface area contributed by atoms with Crippen molar-refractivity contribution in [2.75, 3.05) is 13.6 Å². The van der Waals surface area contributed by atoms with Gasteiger partial charge in [-0.1, -0.05) is 19.3 Å². The minimum absolute atomic E-state index is 0.0713. The number of rotatable bonds is 3. The van der Waals surface area contributed by atoms with Crippen LogP contribution in [0.2, 0.25) is 0 Å². The second-order valence-corrected chi connectivity index (χ2v) is 5.63. The summed E-state index contributed by atoms with van der Waals surface area (Å²) in [7, 11) is 1.91. The molecule has 0 heterocycles. The van der Waals surface area contributed by atoms with Crippen molar-refractivity contribution in [2.24, 2.45) is 5.73 Å². The Kier molecular flexibility index (Phi) is 3.92. The average molecular weight is 239 g/mol. The maximum atomic E-state index is 12.2. The SMILES string of the molecule is CN(C(=O)NC1CCC1)C1(CN)CCCCC1. The van der Waals surface area contributed by atoms with E-state index in [1.807, 2.05) is 11.9 Å². The van der Waals surface area contributed by atoms with Gasteiger partial charge in [-0.05, 0) is 32.1 Å². The molecule has 2 fully saturated rings. The maximum Gasteiger partial charge on any atom is 0.317 e. The summed E-state index contributed by atoms with van der Waals surface area (Å²) in [5, 5.41) is 3.10. The van der Waals surface area contributed by atoms with Crippen LogP contribution < -0.4 is 11.1 Å². The van der Waals surface area contributed by atoms with E-state index in [1.54, 1.807) is 0 Å². The standard InChI is InChI=1S/C13H25N3O/c1-16(12(17)15-11-6-5-7-11)13(10-14)8-3-2-4-9-13/h11H,2-10,14H2,1H3,(H,15,17). The van der Waals surface area contributed by atoms with Crippen LogP contribution in [0.15, 0.2) is 0 Å². The number of hydrogen-bond acceptors (Lipinski definition) is 2. The highest BCUT2D eigenvalue weighted by Crippen LogP contribution is 2.32. The molecule has 2 amide bonds. The van der Waals surface area contributed by atoms with Gasteiger partial charge >= 0.3 is 6.03 Å². The molecule has 3 N–H and O–H groups in total. The van der Waals surface area contributed by atoms with Crippen molar-refractivity contribution in [1.82, 2.24) is 10.2 Å². The van der Waals surface area contributed by atoms with Crippen LogP contribution in [0.3, 0.4) is 0 Å². The molecule has 0 spiro atoms. The lowest BCUT2D eigenvalue weighted by molar-refractivity contribution is 0.0994. The molecular weight excluding hydrogens is 214 g/mol. The van der Waals surface area contributed by atoms with Crippen molar-refractivity contribution in [3.05, 3.63) is 0 Å². The number of carbonyl (C=O) groups is 1. The minimum Gasteiger partial charge on any atom is -0.335 e. The van der Waals surface area contributed by atoms with Crippen molar-refractivity contribution in [3.63, 3.8) is 0 Å². The Hall–Kier alpha value is -0.770. The normalized spacial score (nSPS) is 23.9. The van der Waals surface area contributed by atoms with Gasteiger partial charge in [0.25, 0.3) is 0 Å². The molecule has 4 heteroatoms. The molecule has 2 aliphatic rings. The Bertz CT molecular complexity index is 270. The largest absolute Gasteiger partial charge is 0.335 e. The summed E-state index contributed by atoms with van der Waals surface area (Å²) in [6.45, 7) is 0.585. The topological polar surface area (TPSA) is 58.4 Å². The summed E-state index contributed by atoms with van der Waals surface area (Å²) < 4.78 is 0. The third kappa shape index (κ3) is 2.57. The molecule has 0 aromatic carbocycles. The molecule has 0 saturated heterocycles. The number of urea groups is 1. The van der Waals surface area contributed by atoms with Gasteiger partial charge in [0.2, 0.25) is 0 Å². The molecule has 0 aliphatic heterocycles. The Balaban J connectivity index is 1.94. The Labute approximate surface area is 104 Å². The lowest BCUT2D eigenvalue weighted by atomic mass is 9.80. The van der Waals surface area contributed by atoms with Crippen molar-refractivity contribution in [1.29, 1.82) is 0 Å². The fourth-order valence-electron chi connectivity index (χ4n) is 2.93. The predicted octanol–water partition coefficient (Wildman–Crippen LogP) is 1.84. The zero-order valence-corrected chi connectivity index (χ0v) is 10.9. The quantitative estimate of drug-likeness (QED) is 0.789. The number of nitrogens with zero attached hydrogens (tertiary/aromatic N) is 1. The number of carbonyl (C=O) groups excluding carboxylic acids is 1. The van der Waals surface area contributed by atoms with E-state index < -0.39 is 0 Å². The van der Waals surface area contributed by atoms with E-state index in [2.05, 4.69) is 5.32 Å². The number of nitrogens with two attached hydrogens (primary N) is 1. The maximum absolute atomic E-state index is 12.2. The molecule has 2 aliphatic carbocycles. The van der Waals surface area contributed by atoms with Crippen LogP contribution in [0.25, 0.3) is 0 Å². The first-order chi connectivity index (χ1) is 8.18. The summed E-state index contributed by atoms with van der Waals surface area (Å²) in [5.74, 6) is 0. The second kappa shape index (κ2) is 5.25. The summed E-state index contributed by atoms with van der Waals surface area (Å²) >= 11 is 0. The molecular formula is C13H25N3O. The third-order valence-electron chi connectivity index (χ3n) is 4.61. The van der Waals surface area contributed by atoms with Gasteiger partial charge in [0, 0.05) is 19.6 Å². The van der Waals surface area contributed by atoms with E-state index in [4.69, 9.17) is 5.73 Å². The van der Waals surface area contributed by atoms with Gasteiger partial charge in [-0.15, -0.1) is 0 Å². The molecule has 4 nitrogen and oxygen atoms in total. The van der Waals surface area contributed by atoms with E-state index in [1.165, 1.54) is 25.7 Å². The average Bonchev–Trinajstić information content (AvgIpc) is 2.33. The Morgan fingerprint density at radius 2 is 1.94 bits per heavy atom. The molecule has 98 valence electrons. The van der Waals surface area contributed by atoms with Gasteiger partial charge in [0.15, 0.2) is 0 Å². The van der Waals surface area contributed by atoms with Gasteiger partial charge < -0.3 is 16.0 Å². The first-order valence-corrected chi connectivity index (χ1v) is 6.92. The lowest BCUT2D eigenvalue weighted by Gasteiger charge is -2.44. The van der Waals surface area contributed by atoms with Gasteiger partial charge in [-0.25, -0.2) is 4.79 Å². The van der Waals surface area contributed by atoms with E-state index in [9.17, 15) is 4.79 Å². The molecule has 2 saturated carbocycles. The number of nitrogens with one attached hydrogen (secondary N) is 1. The molecule has 0 atom stereocenters. The highest BCUT2D eigenvalue weighted by molar-refractivity contribution is 5.75. The van der Waals surface area contributed by atoms with Crippen LogP contribution in [0.5, 0.6) is 0 Å². The van der Waals surface area contributed by atoms with Gasteiger partial charge in [0.05, 0.1) is 5.54 Å². The van der Waals surface area contributed by atoms with Crippen LogP contribution in [0.4, 0.5) is 4.79 Å². The van der Waals surface area contributed by atoms with Crippen molar-refractivity contribution >= 4 is 6.03 Å². The van der Waals surface area contributed by atoms with Gasteiger partial charge in [-0.3, -0.25) is 0 Å². The highest BCUT2D eigenvalue weighted by Gasteiger charge is 2.38. The van der Waals surface area contributed by atoms with Gasteiger partial charge in [-0.2, -0.15) is 0 Å². The molecule has 0 unspecified atom stereocenters. The fourth-order valence-corrected chi connectivity index (χ4v) is 2.93. The zero-order valence-electron chi connectivity index (χ0n) is 10.9. The zero-order chi connectivity index (χ0) is 12.3. The van der Waals surface area contributed by atoms with E-state index in [-0.39, 0.29) is 11.6 Å². The molecule has 0 radical (unpaired) electrons. The Morgan fingerprint density at radius 1 is 1.29 bits per heavy atom. The molecule has 17 heavy (non-hydrogen) atoms. The first-order valence-electron chi connectivity index (χ1n) is 6.92. The molecule has 0 bridgehead atoms. The molecule has 2 rings (SSSR count). The minimum atomic E-state index is -0.0912. The smallest absolute Gasteiger partial charge is 0.317 e. The lowest BCUT2D eigenvalue weighted by Crippen LogP contribution is -2.59. The molecule has 0 aromatic heterocycles. The van der Waals surface area contributed by atoms with Crippen LogP contribution in [-0.2, 0) is 0 Å². The fraction of sp³-hybridized carbons (Fsp3) is 0.923. The summed E-state index contributed by atoms with van der Waals surface area (Å²) in [6, 6.07) is 0.477. The van der Waals surface area contributed by atoms with Crippen molar-refractivity contribution in [2.45, 2.75) is 62.9 Å². The number of amides is 2. The second-order valence-electron chi connectivity index (χ2n) is 5.63. The van der Waals surface area contributed by atoms with E-state index in [0.717, 1.165) is 25.7 Å². The summed E-state index contributed by atoms with van der Waals surface area (Å²) in [4.78, 5) is 14.0. The van der Waals surface area contributed by atoms with Gasteiger partial charge in [0.1, 0.15) is 0 Å². The Morgan fingerprint density at radius 3 is 2.41 bits per heavy atom. The summed E-state index contributed by atoms with van der Waals surface area (Å²) in [6.07, 6.45) is 9.29. The number of hydrogen-bond donors (Lipinski definition) is 2. The third-order valence-corrected chi connectivity index (χ3v) is 4.61. The molecule has 0 aromatic rings. The van der Waals surface area contributed by atoms with E-state index >= 15 is 0 Å². The van der Waals surface area contributed by atoms with Crippen LogP contribution in [0, 0.1) is 0 Å². The van der Waals surface area contributed by atoms with Crippen LogP contribution >= 0.6 is 0 Å². The monoisotopic (exact) mass is 239 g/mol. The highest BCUT2D eigenvalue weighted by atomic mass is 16.2.